The SMILES string of the molecule is CCOc1ccc(NC(=O)c2cccs2)cc1CO. The van der Waals surface area contributed by atoms with Crippen LogP contribution in [-0.2, 0) is 6.61 Å². The lowest BCUT2D eigenvalue weighted by atomic mass is 10.2. The summed E-state index contributed by atoms with van der Waals surface area (Å²) in [4.78, 5) is 12.5. The van der Waals surface area contributed by atoms with Gasteiger partial charge in [-0.15, -0.1) is 11.3 Å². The Balaban J connectivity index is 2.15. The molecule has 1 aromatic carbocycles. The van der Waals surface area contributed by atoms with E-state index >= 15 is 0 Å². The van der Waals surface area contributed by atoms with E-state index in [-0.39, 0.29) is 12.5 Å². The van der Waals surface area contributed by atoms with E-state index in [0.717, 1.165) is 0 Å². The zero-order valence-corrected chi connectivity index (χ0v) is 11.4. The normalized spacial score (nSPS) is 10.2. The Hall–Kier alpha value is -1.85. The lowest BCUT2D eigenvalue weighted by Gasteiger charge is -2.11. The highest BCUT2D eigenvalue weighted by Gasteiger charge is 2.09. The summed E-state index contributed by atoms with van der Waals surface area (Å²) in [6.45, 7) is 2.29. The number of aliphatic hydroxyl groups is 1. The van der Waals surface area contributed by atoms with Crippen molar-refractivity contribution in [1.29, 1.82) is 0 Å². The molecule has 0 saturated carbocycles. The van der Waals surface area contributed by atoms with Gasteiger partial charge in [0.05, 0.1) is 18.1 Å². The van der Waals surface area contributed by atoms with Crippen LogP contribution in [0.15, 0.2) is 35.7 Å². The van der Waals surface area contributed by atoms with Gasteiger partial charge < -0.3 is 15.2 Å². The van der Waals surface area contributed by atoms with E-state index in [1.807, 2.05) is 18.4 Å². The molecule has 0 atom stereocenters. The summed E-state index contributed by atoms with van der Waals surface area (Å²) in [5, 5.41) is 13.9. The van der Waals surface area contributed by atoms with Crippen LogP contribution < -0.4 is 10.1 Å². The molecule has 0 aliphatic heterocycles. The molecule has 2 rings (SSSR count). The molecule has 1 amide bonds. The van der Waals surface area contributed by atoms with Gasteiger partial charge in [-0.25, -0.2) is 0 Å². The summed E-state index contributed by atoms with van der Waals surface area (Å²) in [6.07, 6.45) is 0. The lowest BCUT2D eigenvalue weighted by Crippen LogP contribution is -2.10. The van der Waals surface area contributed by atoms with E-state index in [9.17, 15) is 9.90 Å². The first-order valence-corrected chi connectivity index (χ1v) is 6.84. The van der Waals surface area contributed by atoms with Crippen molar-refractivity contribution in [1.82, 2.24) is 0 Å². The summed E-state index contributed by atoms with van der Waals surface area (Å²) < 4.78 is 5.39. The standard InChI is InChI=1S/C14H15NO3S/c1-2-18-12-6-5-11(8-10(12)9-16)15-14(17)13-4-3-7-19-13/h3-8,16H,2,9H2,1H3,(H,15,17). The number of carbonyl (C=O) groups excluding carboxylic acids is 1. The fourth-order valence-corrected chi connectivity index (χ4v) is 2.30. The van der Waals surface area contributed by atoms with Crippen molar-refractivity contribution in [3.8, 4) is 5.75 Å². The third-order valence-corrected chi connectivity index (χ3v) is 3.40. The largest absolute Gasteiger partial charge is 0.494 e. The molecule has 5 heteroatoms. The van der Waals surface area contributed by atoms with Crippen LogP contribution in [0.1, 0.15) is 22.2 Å². The smallest absolute Gasteiger partial charge is 0.265 e. The second-order valence-electron chi connectivity index (χ2n) is 3.85. The Labute approximate surface area is 115 Å². The molecule has 0 bridgehead atoms. The van der Waals surface area contributed by atoms with Gasteiger partial charge in [-0.3, -0.25) is 4.79 Å². The summed E-state index contributed by atoms with van der Waals surface area (Å²) in [5.74, 6) is 0.488. The number of carbonyl (C=O) groups is 1. The average Bonchev–Trinajstić information content (AvgIpc) is 2.94. The molecule has 0 saturated heterocycles. The Morgan fingerprint density at radius 2 is 2.26 bits per heavy atom. The molecule has 1 aromatic heterocycles. The summed E-state index contributed by atoms with van der Waals surface area (Å²) in [5.41, 5.74) is 1.30. The zero-order chi connectivity index (χ0) is 13.7. The minimum Gasteiger partial charge on any atom is -0.494 e. The van der Waals surface area contributed by atoms with Crippen molar-refractivity contribution in [3.63, 3.8) is 0 Å². The highest BCUT2D eigenvalue weighted by Crippen LogP contribution is 2.23. The maximum absolute atomic E-state index is 11.9. The third kappa shape index (κ3) is 3.33. The molecule has 2 N–H and O–H groups in total. The van der Waals surface area contributed by atoms with E-state index in [0.29, 0.717) is 28.5 Å². The van der Waals surface area contributed by atoms with Crippen LogP contribution in [0.3, 0.4) is 0 Å². The van der Waals surface area contributed by atoms with Crippen molar-refractivity contribution < 1.29 is 14.6 Å². The fraction of sp³-hybridized carbons (Fsp3) is 0.214. The van der Waals surface area contributed by atoms with Crippen molar-refractivity contribution >= 4 is 22.9 Å². The Bertz CT molecular complexity index is 552. The summed E-state index contributed by atoms with van der Waals surface area (Å²) >= 11 is 1.39. The number of hydrogen-bond donors (Lipinski definition) is 2. The van der Waals surface area contributed by atoms with Crippen LogP contribution in [-0.4, -0.2) is 17.6 Å². The molecule has 0 aliphatic carbocycles. The van der Waals surface area contributed by atoms with Gasteiger partial charge in [0.15, 0.2) is 0 Å². The molecule has 100 valence electrons. The van der Waals surface area contributed by atoms with Crippen LogP contribution in [0.4, 0.5) is 5.69 Å². The molecule has 0 aliphatic rings. The predicted octanol–water partition coefficient (Wildman–Crippen LogP) is 2.89. The highest BCUT2D eigenvalue weighted by molar-refractivity contribution is 7.12. The van der Waals surface area contributed by atoms with Crippen LogP contribution >= 0.6 is 11.3 Å². The first-order chi connectivity index (χ1) is 9.24. The number of nitrogens with one attached hydrogen (secondary N) is 1. The van der Waals surface area contributed by atoms with E-state index in [1.165, 1.54) is 11.3 Å². The number of hydrogen-bond acceptors (Lipinski definition) is 4. The number of thiophene rings is 1. The first kappa shape index (κ1) is 13.6. The van der Waals surface area contributed by atoms with Crippen molar-refractivity contribution in [2.45, 2.75) is 13.5 Å². The maximum atomic E-state index is 11.9. The minimum absolute atomic E-state index is 0.127. The van der Waals surface area contributed by atoms with Gasteiger partial charge in [-0.1, -0.05) is 6.07 Å². The van der Waals surface area contributed by atoms with Gasteiger partial charge in [0.2, 0.25) is 0 Å². The molecule has 2 aromatic rings. The maximum Gasteiger partial charge on any atom is 0.265 e. The predicted molar refractivity (Wildman–Crippen MR) is 75.8 cm³/mol. The minimum atomic E-state index is -0.150. The second-order valence-corrected chi connectivity index (χ2v) is 4.79. The molecule has 4 nitrogen and oxygen atoms in total. The quantitative estimate of drug-likeness (QED) is 0.883. The Morgan fingerprint density at radius 3 is 2.89 bits per heavy atom. The molecule has 0 fully saturated rings. The average molecular weight is 277 g/mol. The molecule has 0 radical (unpaired) electrons. The molecule has 0 unspecified atom stereocenters. The van der Waals surface area contributed by atoms with Gasteiger partial charge in [0, 0.05) is 11.3 Å². The van der Waals surface area contributed by atoms with Crippen molar-refractivity contribution in [3.05, 3.63) is 46.2 Å². The van der Waals surface area contributed by atoms with Crippen LogP contribution in [0.5, 0.6) is 5.75 Å². The highest BCUT2D eigenvalue weighted by atomic mass is 32.1. The third-order valence-electron chi connectivity index (χ3n) is 2.53. The monoisotopic (exact) mass is 277 g/mol. The van der Waals surface area contributed by atoms with E-state index in [1.54, 1.807) is 24.3 Å². The molecular weight excluding hydrogens is 262 g/mol. The fourth-order valence-electron chi connectivity index (χ4n) is 1.68. The molecule has 1 heterocycles. The summed E-state index contributed by atoms with van der Waals surface area (Å²) in [6, 6.07) is 8.82. The van der Waals surface area contributed by atoms with Gasteiger partial charge in [0.25, 0.3) is 5.91 Å². The molecule has 19 heavy (non-hydrogen) atoms. The number of anilines is 1. The van der Waals surface area contributed by atoms with Gasteiger partial charge in [-0.2, -0.15) is 0 Å². The van der Waals surface area contributed by atoms with Gasteiger partial charge in [0.1, 0.15) is 5.75 Å². The topological polar surface area (TPSA) is 58.6 Å². The van der Waals surface area contributed by atoms with E-state index in [2.05, 4.69) is 5.32 Å². The number of rotatable bonds is 5. The van der Waals surface area contributed by atoms with Gasteiger partial charge >= 0.3 is 0 Å². The Kier molecular flexibility index (Phi) is 4.54. The van der Waals surface area contributed by atoms with Gasteiger partial charge in [-0.05, 0) is 36.6 Å². The second kappa shape index (κ2) is 6.36. The van der Waals surface area contributed by atoms with E-state index in [4.69, 9.17) is 4.74 Å². The van der Waals surface area contributed by atoms with Crippen LogP contribution in [0.25, 0.3) is 0 Å². The first-order valence-electron chi connectivity index (χ1n) is 5.96. The Morgan fingerprint density at radius 1 is 1.42 bits per heavy atom. The van der Waals surface area contributed by atoms with Crippen molar-refractivity contribution in [2.24, 2.45) is 0 Å². The van der Waals surface area contributed by atoms with E-state index < -0.39 is 0 Å². The lowest BCUT2D eigenvalue weighted by molar-refractivity contribution is 0.103. The number of ether oxygens (including phenoxy) is 1. The zero-order valence-electron chi connectivity index (χ0n) is 10.6. The van der Waals surface area contributed by atoms with Crippen molar-refractivity contribution in [2.75, 3.05) is 11.9 Å². The number of benzene rings is 1. The number of amides is 1. The van der Waals surface area contributed by atoms with Crippen LogP contribution in [0.2, 0.25) is 0 Å². The van der Waals surface area contributed by atoms with Crippen LogP contribution in [0, 0.1) is 0 Å². The number of aliphatic hydroxyl groups excluding tert-OH is 1. The summed E-state index contributed by atoms with van der Waals surface area (Å²) in [7, 11) is 0. The molecular formula is C14H15NO3S. The molecule has 0 spiro atoms.